The molecule has 0 aromatic heterocycles. The zero-order chi connectivity index (χ0) is 13.8. The molecule has 4 nitrogen and oxygen atoms in total. The zero-order valence-corrected chi connectivity index (χ0v) is 11.6. The number of nitrogens with two attached hydrogens (primary N) is 1. The van der Waals surface area contributed by atoms with Gasteiger partial charge in [-0.2, -0.15) is 0 Å². The Morgan fingerprint density at radius 2 is 2.26 bits per heavy atom. The Hall–Kier alpha value is -1.55. The van der Waals surface area contributed by atoms with Crippen molar-refractivity contribution >= 4 is 5.91 Å². The van der Waals surface area contributed by atoms with Crippen LogP contribution in [0.1, 0.15) is 36.5 Å². The lowest BCUT2D eigenvalue weighted by molar-refractivity contribution is 0.0583. The van der Waals surface area contributed by atoms with E-state index in [4.69, 9.17) is 10.5 Å². The van der Waals surface area contributed by atoms with Crippen molar-refractivity contribution in [2.45, 2.75) is 38.3 Å². The number of amides is 1. The highest BCUT2D eigenvalue weighted by Gasteiger charge is 2.29. The fourth-order valence-electron chi connectivity index (χ4n) is 2.68. The minimum absolute atomic E-state index is 0.00913. The first-order valence-corrected chi connectivity index (χ1v) is 6.84. The molecule has 1 amide bonds. The fraction of sp³-hybridized carbons (Fsp3) is 0.533. The molecule has 1 saturated heterocycles. The maximum atomic E-state index is 12.6. The van der Waals surface area contributed by atoms with E-state index in [-0.39, 0.29) is 18.0 Å². The van der Waals surface area contributed by atoms with E-state index < -0.39 is 0 Å². The second-order valence-corrected chi connectivity index (χ2v) is 5.15. The standard InChI is InChI=1S/C15H22N2O2/c1-11(16)14-8-3-4-9-17(14)15(18)12-6-5-7-13(10-12)19-2/h5-7,10-11,14H,3-4,8-9,16H2,1-2H3. The quantitative estimate of drug-likeness (QED) is 0.907. The minimum atomic E-state index is 0.00913. The molecule has 0 aliphatic carbocycles. The van der Waals surface area contributed by atoms with Gasteiger partial charge in [-0.1, -0.05) is 6.07 Å². The molecule has 0 bridgehead atoms. The Bertz CT molecular complexity index is 446. The van der Waals surface area contributed by atoms with Crippen molar-refractivity contribution in [3.05, 3.63) is 29.8 Å². The predicted octanol–water partition coefficient (Wildman–Crippen LogP) is 2.04. The summed E-state index contributed by atoms with van der Waals surface area (Å²) in [4.78, 5) is 14.5. The smallest absolute Gasteiger partial charge is 0.254 e. The van der Waals surface area contributed by atoms with Crippen LogP contribution in [0.4, 0.5) is 0 Å². The minimum Gasteiger partial charge on any atom is -0.497 e. The van der Waals surface area contributed by atoms with Gasteiger partial charge < -0.3 is 15.4 Å². The first-order valence-electron chi connectivity index (χ1n) is 6.84. The average Bonchev–Trinajstić information content (AvgIpc) is 2.46. The number of benzene rings is 1. The van der Waals surface area contributed by atoms with Gasteiger partial charge >= 0.3 is 0 Å². The molecule has 1 aromatic rings. The summed E-state index contributed by atoms with van der Waals surface area (Å²) < 4.78 is 5.17. The van der Waals surface area contributed by atoms with Crippen molar-refractivity contribution in [1.29, 1.82) is 0 Å². The molecule has 2 unspecified atom stereocenters. The summed E-state index contributed by atoms with van der Waals surface area (Å²) in [5.74, 6) is 0.765. The lowest BCUT2D eigenvalue weighted by Crippen LogP contribution is -2.51. The maximum Gasteiger partial charge on any atom is 0.254 e. The largest absolute Gasteiger partial charge is 0.497 e. The summed E-state index contributed by atoms with van der Waals surface area (Å²) >= 11 is 0. The van der Waals surface area contributed by atoms with E-state index in [2.05, 4.69) is 0 Å². The number of ether oxygens (including phenoxy) is 1. The third kappa shape index (κ3) is 3.07. The highest BCUT2D eigenvalue weighted by atomic mass is 16.5. The molecule has 4 heteroatoms. The number of methoxy groups -OCH3 is 1. The fourth-order valence-corrected chi connectivity index (χ4v) is 2.68. The van der Waals surface area contributed by atoms with Crippen molar-refractivity contribution in [1.82, 2.24) is 4.90 Å². The molecule has 1 aromatic carbocycles. The lowest BCUT2D eigenvalue weighted by Gasteiger charge is -2.38. The number of carbonyl (C=O) groups is 1. The molecule has 1 heterocycles. The van der Waals surface area contributed by atoms with Gasteiger partial charge in [0.15, 0.2) is 0 Å². The molecule has 1 fully saturated rings. The monoisotopic (exact) mass is 262 g/mol. The molecule has 0 radical (unpaired) electrons. The number of rotatable bonds is 3. The Balaban J connectivity index is 2.21. The molecule has 2 N–H and O–H groups in total. The molecule has 104 valence electrons. The first-order chi connectivity index (χ1) is 9.13. The zero-order valence-electron chi connectivity index (χ0n) is 11.6. The summed E-state index contributed by atoms with van der Waals surface area (Å²) in [6, 6.07) is 7.46. The van der Waals surface area contributed by atoms with E-state index in [1.54, 1.807) is 13.2 Å². The van der Waals surface area contributed by atoms with Crippen molar-refractivity contribution in [2.75, 3.05) is 13.7 Å². The van der Waals surface area contributed by atoms with Gasteiger partial charge in [-0.3, -0.25) is 4.79 Å². The molecule has 2 atom stereocenters. The van der Waals surface area contributed by atoms with Gasteiger partial charge in [0, 0.05) is 24.2 Å². The number of piperidine rings is 1. The highest BCUT2D eigenvalue weighted by Crippen LogP contribution is 2.22. The predicted molar refractivity (Wildman–Crippen MR) is 75.3 cm³/mol. The van der Waals surface area contributed by atoms with E-state index in [0.29, 0.717) is 11.3 Å². The van der Waals surface area contributed by atoms with Crippen LogP contribution in [0.2, 0.25) is 0 Å². The van der Waals surface area contributed by atoms with Gasteiger partial charge in [-0.15, -0.1) is 0 Å². The van der Waals surface area contributed by atoms with Crippen LogP contribution in [-0.4, -0.2) is 36.5 Å². The van der Waals surface area contributed by atoms with Gasteiger partial charge in [0.25, 0.3) is 5.91 Å². The number of nitrogens with zero attached hydrogens (tertiary/aromatic N) is 1. The first kappa shape index (κ1) is 13.9. The molecule has 19 heavy (non-hydrogen) atoms. The van der Waals surface area contributed by atoms with Crippen LogP contribution in [-0.2, 0) is 0 Å². The van der Waals surface area contributed by atoms with Gasteiger partial charge in [-0.25, -0.2) is 0 Å². The molecule has 1 aliphatic rings. The Labute approximate surface area is 114 Å². The van der Waals surface area contributed by atoms with E-state index in [1.165, 1.54) is 0 Å². The van der Waals surface area contributed by atoms with Gasteiger partial charge in [0.05, 0.1) is 7.11 Å². The van der Waals surface area contributed by atoms with Crippen molar-refractivity contribution in [3.8, 4) is 5.75 Å². The SMILES string of the molecule is COc1cccc(C(=O)N2CCCCC2C(C)N)c1. The van der Waals surface area contributed by atoms with Crippen LogP contribution in [0.25, 0.3) is 0 Å². The topological polar surface area (TPSA) is 55.6 Å². The number of hydrogen-bond donors (Lipinski definition) is 1. The van der Waals surface area contributed by atoms with Gasteiger partial charge in [-0.05, 0) is 44.4 Å². The highest BCUT2D eigenvalue weighted by molar-refractivity contribution is 5.95. The normalized spacial score (nSPS) is 21.0. The summed E-state index contributed by atoms with van der Waals surface area (Å²) in [6.45, 7) is 2.77. The summed E-state index contributed by atoms with van der Waals surface area (Å²) in [6.07, 6.45) is 3.19. The molecule has 0 spiro atoms. The van der Waals surface area contributed by atoms with Crippen LogP contribution in [0.3, 0.4) is 0 Å². The summed E-state index contributed by atoms with van der Waals surface area (Å²) in [5.41, 5.74) is 6.68. The van der Waals surface area contributed by atoms with E-state index in [9.17, 15) is 4.79 Å². The molecule has 1 aliphatic heterocycles. The summed E-state index contributed by atoms with van der Waals surface area (Å²) in [5, 5.41) is 0. The van der Waals surface area contributed by atoms with Gasteiger partial charge in [0.1, 0.15) is 5.75 Å². The van der Waals surface area contributed by atoms with Crippen molar-refractivity contribution < 1.29 is 9.53 Å². The van der Waals surface area contributed by atoms with Crippen molar-refractivity contribution in [3.63, 3.8) is 0 Å². The second-order valence-electron chi connectivity index (χ2n) is 5.15. The number of likely N-dealkylation sites (tertiary alicyclic amines) is 1. The molecular formula is C15H22N2O2. The molecule has 0 saturated carbocycles. The van der Waals surface area contributed by atoms with E-state index in [0.717, 1.165) is 25.8 Å². The van der Waals surface area contributed by atoms with Crippen molar-refractivity contribution in [2.24, 2.45) is 5.73 Å². The van der Waals surface area contributed by atoms with Crippen LogP contribution in [0.15, 0.2) is 24.3 Å². The van der Waals surface area contributed by atoms with Crippen LogP contribution >= 0.6 is 0 Å². The number of carbonyl (C=O) groups excluding carboxylic acids is 1. The number of hydrogen-bond acceptors (Lipinski definition) is 3. The maximum absolute atomic E-state index is 12.6. The average molecular weight is 262 g/mol. The Kier molecular flexibility index (Phi) is 4.43. The molecule has 2 rings (SSSR count). The Morgan fingerprint density at radius 3 is 2.95 bits per heavy atom. The van der Waals surface area contributed by atoms with Crippen LogP contribution < -0.4 is 10.5 Å². The van der Waals surface area contributed by atoms with Crippen LogP contribution in [0.5, 0.6) is 5.75 Å². The Morgan fingerprint density at radius 1 is 1.47 bits per heavy atom. The third-order valence-corrected chi connectivity index (χ3v) is 3.73. The van der Waals surface area contributed by atoms with Gasteiger partial charge in [0.2, 0.25) is 0 Å². The van der Waals surface area contributed by atoms with E-state index >= 15 is 0 Å². The second kappa shape index (κ2) is 6.06. The van der Waals surface area contributed by atoms with Crippen LogP contribution in [0, 0.1) is 0 Å². The van der Waals surface area contributed by atoms with E-state index in [1.807, 2.05) is 30.0 Å². The molecular weight excluding hydrogens is 240 g/mol. The summed E-state index contributed by atoms with van der Waals surface area (Å²) in [7, 11) is 1.61. The third-order valence-electron chi connectivity index (χ3n) is 3.73. The lowest BCUT2D eigenvalue weighted by atomic mass is 9.96.